The normalized spacial score (nSPS) is 11.7. The summed E-state index contributed by atoms with van der Waals surface area (Å²) < 4.78 is 2.14. The Labute approximate surface area is 161 Å². The third-order valence-electron chi connectivity index (χ3n) is 4.61. The fourth-order valence-corrected chi connectivity index (χ4v) is 3.83. The van der Waals surface area contributed by atoms with E-state index in [-0.39, 0.29) is 0 Å². The maximum atomic E-state index is 4.93. The van der Waals surface area contributed by atoms with E-state index in [4.69, 9.17) is 9.97 Å². The highest BCUT2D eigenvalue weighted by atomic mass is 32.1. The van der Waals surface area contributed by atoms with Gasteiger partial charge in [-0.15, -0.1) is 11.3 Å². The molecule has 4 heteroatoms. The molecule has 3 nitrogen and oxygen atoms in total. The van der Waals surface area contributed by atoms with Gasteiger partial charge in [0, 0.05) is 16.6 Å². The van der Waals surface area contributed by atoms with Gasteiger partial charge >= 0.3 is 0 Å². The molecule has 0 saturated heterocycles. The SMILES string of the molecule is Cc1ccc(-c2cn3c(nc4ccccc43)c(/C=C/c3cccs3)n2)cc1. The molecule has 0 amide bonds. The Morgan fingerprint density at radius 3 is 2.56 bits per heavy atom. The van der Waals surface area contributed by atoms with Gasteiger partial charge in [0.1, 0.15) is 5.69 Å². The lowest BCUT2D eigenvalue weighted by Crippen LogP contribution is -1.96. The third kappa shape index (κ3) is 2.94. The van der Waals surface area contributed by atoms with Crippen molar-refractivity contribution in [2.24, 2.45) is 0 Å². The minimum absolute atomic E-state index is 0.873. The van der Waals surface area contributed by atoms with E-state index >= 15 is 0 Å². The lowest BCUT2D eigenvalue weighted by Gasteiger charge is -2.06. The molecular formula is C23H17N3S. The van der Waals surface area contributed by atoms with Gasteiger partial charge in [-0.25, -0.2) is 9.97 Å². The Bertz CT molecular complexity index is 1260. The van der Waals surface area contributed by atoms with E-state index in [0.29, 0.717) is 0 Å². The number of rotatable bonds is 3. The van der Waals surface area contributed by atoms with Gasteiger partial charge in [0.05, 0.1) is 16.7 Å². The van der Waals surface area contributed by atoms with Gasteiger partial charge in [-0.1, -0.05) is 48.0 Å². The number of aryl methyl sites for hydroxylation is 1. The molecule has 0 fully saturated rings. The number of hydrogen-bond acceptors (Lipinski definition) is 3. The standard InChI is InChI=1S/C23H17N3S/c1-16-8-10-17(11-9-16)21-15-26-22-7-3-2-6-19(22)25-23(26)20(24-21)13-12-18-5-4-14-27-18/h2-15H,1H3/b13-12+. The quantitative estimate of drug-likeness (QED) is 0.386. The summed E-state index contributed by atoms with van der Waals surface area (Å²) >= 11 is 1.71. The van der Waals surface area contributed by atoms with Crippen LogP contribution >= 0.6 is 11.3 Å². The van der Waals surface area contributed by atoms with Crippen molar-refractivity contribution in [3.05, 3.63) is 88.4 Å². The van der Waals surface area contributed by atoms with Gasteiger partial charge in [-0.2, -0.15) is 0 Å². The van der Waals surface area contributed by atoms with Crippen LogP contribution in [0.1, 0.15) is 16.1 Å². The highest BCUT2D eigenvalue weighted by Gasteiger charge is 2.11. The lowest BCUT2D eigenvalue weighted by atomic mass is 10.1. The van der Waals surface area contributed by atoms with E-state index in [1.54, 1.807) is 11.3 Å². The van der Waals surface area contributed by atoms with Gasteiger partial charge < -0.3 is 0 Å². The summed E-state index contributed by atoms with van der Waals surface area (Å²) in [5.41, 5.74) is 7.10. The first-order valence-electron chi connectivity index (χ1n) is 8.84. The van der Waals surface area contributed by atoms with Crippen molar-refractivity contribution < 1.29 is 0 Å². The van der Waals surface area contributed by atoms with E-state index < -0.39 is 0 Å². The summed E-state index contributed by atoms with van der Waals surface area (Å²) in [6.07, 6.45) is 6.24. The Balaban J connectivity index is 1.76. The van der Waals surface area contributed by atoms with E-state index in [0.717, 1.165) is 33.6 Å². The molecule has 0 bridgehead atoms. The first-order valence-corrected chi connectivity index (χ1v) is 9.72. The maximum Gasteiger partial charge on any atom is 0.164 e. The monoisotopic (exact) mass is 367 g/mol. The van der Waals surface area contributed by atoms with Crippen LogP contribution in [-0.2, 0) is 0 Å². The van der Waals surface area contributed by atoms with Crippen LogP contribution in [0.3, 0.4) is 0 Å². The highest BCUT2D eigenvalue weighted by Crippen LogP contribution is 2.25. The van der Waals surface area contributed by atoms with Crippen molar-refractivity contribution in [2.75, 3.05) is 0 Å². The summed E-state index contributed by atoms with van der Waals surface area (Å²) in [6.45, 7) is 2.10. The molecule has 5 rings (SSSR count). The molecule has 130 valence electrons. The lowest BCUT2D eigenvalue weighted by molar-refractivity contribution is 1.14. The van der Waals surface area contributed by atoms with Gasteiger partial charge in [-0.3, -0.25) is 4.40 Å². The molecule has 0 unspecified atom stereocenters. The van der Waals surface area contributed by atoms with E-state index in [1.165, 1.54) is 10.4 Å². The van der Waals surface area contributed by atoms with Crippen LogP contribution in [0.4, 0.5) is 0 Å². The number of thiophene rings is 1. The van der Waals surface area contributed by atoms with Gasteiger partial charge in [-0.05, 0) is 42.7 Å². The van der Waals surface area contributed by atoms with Gasteiger partial charge in [0.15, 0.2) is 5.65 Å². The van der Waals surface area contributed by atoms with Crippen LogP contribution in [0.25, 0.3) is 40.1 Å². The molecule has 2 aromatic carbocycles. The van der Waals surface area contributed by atoms with Gasteiger partial charge in [0.2, 0.25) is 0 Å². The second kappa shape index (κ2) is 6.49. The molecule has 0 saturated carbocycles. The van der Waals surface area contributed by atoms with Crippen molar-refractivity contribution in [3.63, 3.8) is 0 Å². The summed E-state index contributed by atoms with van der Waals surface area (Å²) in [4.78, 5) is 10.9. The van der Waals surface area contributed by atoms with E-state index in [1.807, 2.05) is 18.2 Å². The van der Waals surface area contributed by atoms with Crippen LogP contribution in [0, 0.1) is 6.92 Å². The average molecular weight is 367 g/mol. The zero-order valence-corrected chi connectivity index (χ0v) is 15.6. The first kappa shape index (κ1) is 16.0. The van der Waals surface area contributed by atoms with Crippen molar-refractivity contribution in [3.8, 4) is 11.3 Å². The second-order valence-electron chi connectivity index (χ2n) is 6.52. The molecule has 5 aromatic rings. The minimum Gasteiger partial charge on any atom is -0.296 e. The average Bonchev–Trinajstić information content (AvgIpc) is 3.34. The molecule has 0 radical (unpaired) electrons. The smallest absolute Gasteiger partial charge is 0.164 e. The molecule has 27 heavy (non-hydrogen) atoms. The molecule has 0 spiro atoms. The Hall–Kier alpha value is -3.24. The molecule has 0 atom stereocenters. The van der Waals surface area contributed by atoms with Crippen LogP contribution in [0.15, 0.2) is 72.2 Å². The predicted octanol–water partition coefficient (Wildman–Crippen LogP) is 6.09. The Morgan fingerprint density at radius 1 is 0.889 bits per heavy atom. The van der Waals surface area contributed by atoms with Crippen molar-refractivity contribution >= 4 is 40.2 Å². The fourth-order valence-electron chi connectivity index (χ4n) is 3.21. The first-order chi connectivity index (χ1) is 13.3. The fraction of sp³-hybridized carbons (Fsp3) is 0.0435. The van der Waals surface area contributed by atoms with Crippen LogP contribution in [0.5, 0.6) is 0 Å². The van der Waals surface area contributed by atoms with Crippen LogP contribution in [0.2, 0.25) is 0 Å². The van der Waals surface area contributed by atoms with Crippen molar-refractivity contribution in [2.45, 2.75) is 6.92 Å². The summed E-state index contributed by atoms with van der Waals surface area (Å²) in [7, 11) is 0. The number of para-hydroxylation sites is 2. The molecule has 0 aliphatic carbocycles. The van der Waals surface area contributed by atoms with Crippen molar-refractivity contribution in [1.29, 1.82) is 0 Å². The number of imidazole rings is 1. The summed E-state index contributed by atoms with van der Waals surface area (Å²) in [6, 6.07) is 20.8. The van der Waals surface area contributed by atoms with E-state index in [9.17, 15) is 0 Å². The van der Waals surface area contributed by atoms with Crippen molar-refractivity contribution in [1.82, 2.24) is 14.4 Å². The zero-order valence-electron chi connectivity index (χ0n) is 14.8. The molecule has 0 N–H and O–H groups in total. The third-order valence-corrected chi connectivity index (χ3v) is 5.45. The minimum atomic E-state index is 0.873. The molecular weight excluding hydrogens is 350 g/mol. The number of fused-ring (bicyclic) bond motifs is 3. The number of aromatic nitrogens is 3. The Kier molecular flexibility index (Phi) is 3.84. The topological polar surface area (TPSA) is 30.2 Å². The largest absolute Gasteiger partial charge is 0.296 e. The summed E-state index contributed by atoms with van der Waals surface area (Å²) in [5.74, 6) is 0. The molecule has 3 heterocycles. The highest BCUT2D eigenvalue weighted by molar-refractivity contribution is 7.10. The number of nitrogens with zero attached hydrogens (tertiary/aromatic N) is 3. The molecule has 0 aliphatic rings. The Morgan fingerprint density at radius 2 is 1.74 bits per heavy atom. The number of hydrogen-bond donors (Lipinski definition) is 0. The maximum absolute atomic E-state index is 4.93. The molecule has 3 aromatic heterocycles. The van der Waals surface area contributed by atoms with Crippen LogP contribution < -0.4 is 0 Å². The van der Waals surface area contributed by atoms with E-state index in [2.05, 4.69) is 77.5 Å². The summed E-state index contributed by atoms with van der Waals surface area (Å²) in [5, 5.41) is 2.08. The molecule has 0 aliphatic heterocycles. The second-order valence-corrected chi connectivity index (χ2v) is 7.50. The van der Waals surface area contributed by atoms with Crippen LogP contribution in [-0.4, -0.2) is 14.4 Å². The van der Waals surface area contributed by atoms with Gasteiger partial charge in [0.25, 0.3) is 0 Å². The number of benzene rings is 2. The zero-order chi connectivity index (χ0) is 18.2. The predicted molar refractivity (Wildman–Crippen MR) is 114 cm³/mol.